The normalized spacial score (nSPS) is 17.2. The van der Waals surface area contributed by atoms with Crippen LogP contribution in [0.3, 0.4) is 0 Å². The number of hydrogen-bond donors (Lipinski definition) is 0. The van der Waals surface area contributed by atoms with Crippen LogP contribution in [-0.4, -0.2) is 38.9 Å². The number of rotatable bonds is 4. The van der Waals surface area contributed by atoms with Gasteiger partial charge in [0.1, 0.15) is 0 Å². The van der Waals surface area contributed by atoms with Gasteiger partial charge in [0, 0.05) is 59.9 Å². The highest BCUT2D eigenvalue weighted by atomic mass is 32.2. The SMILES string of the molecule is C[S@@](=O)Cc1cccc(C(=O)N2CCC(n3cccc3)CC2)c1. The molecule has 1 aliphatic rings. The molecule has 0 saturated carbocycles. The molecule has 4 nitrogen and oxygen atoms in total. The molecule has 1 fully saturated rings. The van der Waals surface area contributed by atoms with Crippen molar-refractivity contribution < 1.29 is 9.00 Å². The number of benzene rings is 1. The van der Waals surface area contributed by atoms with Gasteiger partial charge < -0.3 is 9.47 Å². The molecule has 1 aromatic carbocycles. The Morgan fingerprint density at radius 3 is 2.52 bits per heavy atom. The molecule has 0 N–H and O–H groups in total. The lowest BCUT2D eigenvalue weighted by Crippen LogP contribution is -2.38. The second-order valence-electron chi connectivity index (χ2n) is 6.07. The molecular weight excluding hydrogens is 308 g/mol. The van der Waals surface area contributed by atoms with E-state index in [1.54, 1.807) is 6.26 Å². The van der Waals surface area contributed by atoms with E-state index < -0.39 is 10.8 Å². The Balaban J connectivity index is 1.64. The van der Waals surface area contributed by atoms with Crippen LogP contribution >= 0.6 is 0 Å². The predicted molar refractivity (Wildman–Crippen MR) is 92.8 cm³/mol. The molecule has 2 heterocycles. The predicted octanol–water partition coefficient (Wildman–Crippen LogP) is 2.84. The fourth-order valence-corrected chi connectivity index (χ4v) is 3.82. The number of aromatic nitrogens is 1. The third kappa shape index (κ3) is 3.91. The first kappa shape index (κ1) is 16.0. The Labute approximate surface area is 139 Å². The van der Waals surface area contributed by atoms with Crippen molar-refractivity contribution in [3.63, 3.8) is 0 Å². The molecule has 0 spiro atoms. The van der Waals surface area contributed by atoms with Gasteiger partial charge in [0.25, 0.3) is 5.91 Å². The maximum Gasteiger partial charge on any atom is 0.253 e. The third-order valence-corrected chi connectivity index (χ3v) is 5.08. The zero-order valence-electron chi connectivity index (χ0n) is 13.4. The number of carbonyl (C=O) groups excluding carboxylic acids is 1. The lowest BCUT2D eigenvalue weighted by atomic mass is 10.0. The van der Waals surface area contributed by atoms with Gasteiger partial charge in [-0.3, -0.25) is 9.00 Å². The van der Waals surface area contributed by atoms with Crippen LogP contribution in [-0.2, 0) is 16.6 Å². The lowest BCUT2D eigenvalue weighted by molar-refractivity contribution is 0.0694. The highest BCUT2D eigenvalue weighted by Gasteiger charge is 2.24. The fourth-order valence-electron chi connectivity index (χ4n) is 3.17. The average molecular weight is 330 g/mol. The maximum atomic E-state index is 12.7. The standard InChI is InChI=1S/C18H22N2O2S/c1-23(22)14-15-5-4-6-16(13-15)18(21)20-11-7-17(8-12-20)19-9-2-3-10-19/h2-6,9-10,13,17H,7-8,11-12,14H2,1H3/t23-/m1/s1. The minimum Gasteiger partial charge on any atom is -0.351 e. The summed E-state index contributed by atoms with van der Waals surface area (Å²) in [6.45, 7) is 1.57. The zero-order chi connectivity index (χ0) is 16.2. The first-order valence-corrected chi connectivity index (χ1v) is 9.67. The molecule has 1 atom stereocenters. The van der Waals surface area contributed by atoms with Crippen LogP contribution in [0, 0.1) is 0 Å². The summed E-state index contributed by atoms with van der Waals surface area (Å²) in [7, 11) is -0.892. The van der Waals surface area contributed by atoms with E-state index in [0.29, 0.717) is 17.4 Å². The highest BCUT2D eigenvalue weighted by Crippen LogP contribution is 2.23. The van der Waals surface area contributed by atoms with Crippen molar-refractivity contribution in [1.82, 2.24) is 9.47 Å². The lowest BCUT2D eigenvalue weighted by Gasteiger charge is -2.33. The second kappa shape index (κ2) is 7.13. The molecule has 1 aromatic heterocycles. The van der Waals surface area contributed by atoms with Crippen molar-refractivity contribution in [2.75, 3.05) is 19.3 Å². The van der Waals surface area contributed by atoms with E-state index in [-0.39, 0.29) is 5.91 Å². The molecule has 0 radical (unpaired) electrons. The highest BCUT2D eigenvalue weighted by molar-refractivity contribution is 7.83. The van der Waals surface area contributed by atoms with Crippen LogP contribution in [0.2, 0.25) is 0 Å². The summed E-state index contributed by atoms with van der Waals surface area (Å²) in [5.41, 5.74) is 1.66. The first-order chi connectivity index (χ1) is 11.1. The summed E-state index contributed by atoms with van der Waals surface area (Å²) in [5.74, 6) is 0.580. The van der Waals surface area contributed by atoms with Crippen LogP contribution in [0.25, 0.3) is 0 Å². The van der Waals surface area contributed by atoms with Gasteiger partial charge in [-0.2, -0.15) is 0 Å². The van der Waals surface area contributed by atoms with Crippen LogP contribution in [0.4, 0.5) is 0 Å². The molecule has 23 heavy (non-hydrogen) atoms. The summed E-state index contributed by atoms with van der Waals surface area (Å²) in [6.07, 6.45) is 7.84. The molecule has 0 unspecified atom stereocenters. The Morgan fingerprint density at radius 2 is 1.87 bits per heavy atom. The van der Waals surface area contributed by atoms with Gasteiger partial charge in [-0.25, -0.2) is 0 Å². The summed E-state index contributed by atoms with van der Waals surface area (Å²) in [5, 5.41) is 0. The number of amides is 1. The Morgan fingerprint density at radius 1 is 1.17 bits per heavy atom. The quantitative estimate of drug-likeness (QED) is 0.865. The van der Waals surface area contributed by atoms with E-state index in [0.717, 1.165) is 31.5 Å². The monoisotopic (exact) mass is 330 g/mol. The Hall–Kier alpha value is -1.88. The topological polar surface area (TPSA) is 42.3 Å². The largest absolute Gasteiger partial charge is 0.351 e. The summed E-state index contributed by atoms with van der Waals surface area (Å²) in [4.78, 5) is 14.6. The van der Waals surface area contributed by atoms with Gasteiger partial charge >= 0.3 is 0 Å². The molecule has 1 aliphatic heterocycles. The third-order valence-electron chi connectivity index (χ3n) is 4.34. The van der Waals surface area contributed by atoms with Gasteiger partial charge in [-0.05, 0) is 42.7 Å². The van der Waals surface area contributed by atoms with E-state index >= 15 is 0 Å². The fraction of sp³-hybridized carbons (Fsp3) is 0.389. The summed E-state index contributed by atoms with van der Waals surface area (Å²) in [6, 6.07) is 12.1. The van der Waals surface area contributed by atoms with Crippen LogP contribution in [0.15, 0.2) is 48.8 Å². The number of likely N-dealkylation sites (tertiary alicyclic amines) is 1. The molecule has 0 aliphatic carbocycles. The van der Waals surface area contributed by atoms with Gasteiger partial charge in [-0.15, -0.1) is 0 Å². The van der Waals surface area contributed by atoms with Crippen molar-refractivity contribution in [2.24, 2.45) is 0 Å². The van der Waals surface area contributed by atoms with E-state index in [1.165, 1.54) is 0 Å². The van der Waals surface area contributed by atoms with Crippen molar-refractivity contribution in [3.05, 3.63) is 59.9 Å². The molecular formula is C18H22N2O2S. The van der Waals surface area contributed by atoms with Crippen LogP contribution in [0.1, 0.15) is 34.8 Å². The first-order valence-electron chi connectivity index (χ1n) is 7.94. The molecule has 2 aromatic rings. The second-order valence-corrected chi connectivity index (χ2v) is 7.51. The molecule has 0 bridgehead atoms. The van der Waals surface area contributed by atoms with Crippen molar-refractivity contribution in [1.29, 1.82) is 0 Å². The van der Waals surface area contributed by atoms with Crippen molar-refractivity contribution in [2.45, 2.75) is 24.6 Å². The van der Waals surface area contributed by atoms with Gasteiger partial charge in [0.2, 0.25) is 0 Å². The van der Waals surface area contributed by atoms with E-state index in [4.69, 9.17) is 0 Å². The molecule has 1 saturated heterocycles. The smallest absolute Gasteiger partial charge is 0.253 e. The van der Waals surface area contributed by atoms with Crippen LogP contribution in [0.5, 0.6) is 0 Å². The number of carbonyl (C=O) groups is 1. The van der Waals surface area contributed by atoms with Gasteiger partial charge in [-0.1, -0.05) is 12.1 Å². The van der Waals surface area contributed by atoms with E-state index in [2.05, 4.69) is 17.0 Å². The van der Waals surface area contributed by atoms with Crippen molar-refractivity contribution >= 4 is 16.7 Å². The van der Waals surface area contributed by atoms with Crippen LogP contribution < -0.4 is 0 Å². The maximum absolute atomic E-state index is 12.7. The minimum atomic E-state index is -0.892. The summed E-state index contributed by atoms with van der Waals surface area (Å²) < 4.78 is 13.6. The van der Waals surface area contributed by atoms with E-state index in [9.17, 15) is 9.00 Å². The summed E-state index contributed by atoms with van der Waals surface area (Å²) >= 11 is 0. The van der Waals surface area contributed by atoms with Gasteiger partial charge in [0.15, 0.2) is 0 Å². The van der Waals surface area contributed by atoms with E-state index in [1.807, 2.05) is 41.3 Å². The Bertz CT molecular complexity index is 689. The number of piperidine rings is 1. The van der Waals surface area contributed by atoms with Gasteiger partial charge in [0.05, 0.1) is 0 Å². The zero-order valence-corrected chi connectivity index (χ0v) is 14.2. The molecule has 3 rings (SSSR count). The number of nitrogens with zero attached hydrogens (tertiary/aromatic N) is 2. The molecule has 5 heteroatoms. The molecule has 1 amide bonds. The van der Waals surface area contributed by atoms with Crippen molar-refractivity contribution in [3.8, 4) is 0 Å². The minimum absolute atomic E-state index is 0.0830. The Kier molecular flexibility index (Phi) is 4.96. The number of hydrogen-bond acceptors (Lipinski definition) is 2. The molecule has 122 valence electrons. The average Bonchev–Trinajstić information content (AvgIpc) is 3.08.